The Morgan fingerprint density at radius 3 is 2.39 bits per heavy atom. The molecule has 0 saturated heterocycles. The lowest BCUT2D eigenvalue weighted by molar-refractivity contribution is 0.315. The summed E-state index contributed by atoms with van der Waals surface area (Å²) < 4.78 is 6.63. The van der Waals surface area contributed by atoms with Gasteiger partial charge in [-0.05, 0) is 46.0 Å². The lowest BCUT2D eigenvalue weighted by Gasteiger charge is -2.20. The van der Waals surface area contributed by atoms with Gasteiger partial charge >= 0.3 is 0 Å². The second-order valence-electron chi connectivity index (χ2n) is 4.52. The maximum Gasteiger partial charge on any atom is 0.133 e. The van der Waals surface area contributed by atoms with Crippen molar-refractivity contribution >= 4 is 27.5 Å². The smallest absolute Gasteiger partial charge is 0.133 e. The summed E-state index contributed by atoms with van der Waals surface area (Å²) in [4.78, 5) is 0. The van der Waals surface area contributed by atoms with Crippen molar-refractivity contribution in [1.29, 1.82) is 0 Å². The fourth-order valence-corrected chi connectivity index (χ4v) is 3.00. The van der Waals surface area contributed by atoms with E-state index in [1.807, 2.05) is 6.07 Å². The van der Waals surface area contributed by atoms with Crippen LogP contribution in [0.5, 0.6) is 5.75 Å². The number of ether oxygens (including phenoxy) is 1. The third-order valence-electron chi connectivity index (χ3n) is 3.20. The van der Waals surface area contributed by atoms with Gasteiger partial charge in [-0.2, -0.15) is 0 Å². The summed E-state index contributed by atoms with van der Waals surface area (Å²) in [6, 6.07) is 6.17. The van der Waals surface area contributed by atoms with Gasteiger partial charge in [0, 0.05) is 0 Å². The third-order valence-corrected chi connectivity index (χ3v) is 4.43. The number of hydrogen-bond acceptors (Lipinski definition) is 1. The molecule has 0 N–H and O–H groups in total. The number of halogens is 2. The Kier molecular flexibility index (Phi) is 7.10. The Morgan fingerprint density at radius 1 is 1.22 bits per heavy atom. The highest BCUT2D eigenvalue weighted by atomic mass is 79.9. The average Bonchev–Trinajstić information content (AvgIpc) is 2.38. The van der Waals surface area contributed by atoms with Crippen LogP contribution in [-0.2, 0) is 0 Å². The summed E-state index contributed by atoms with van der Waals surface area (Å²) in [5.74, 6) is 1.43. The highest BCUT2D eigenvalue weighted by Crippen LogP contribution is 2.36. The van der Waals surface area contributed by atoms with Crippen LogP contribution in [0.25, 0.3) is 0 Å². The van der Waals surface area contributed by atoms with Crippen molar-refractivity contribution in [3.8, 4) is 5.75 Å². The molecule has 1 rings (SSSR count). The van der Waals surface area contributed by atoms with E-state index in [0.29, 0.717) is 5.92 Å². The summed E-state index contributed by atoms with van der Waals surface area (Å²) in [5, 5.41) is 0.0801. The molecule has 18 heavy (non-hydrogen) atoms. The molecule has 1 aromatic rings. The highest BCUT2D eigenvalue weighted by molar-refractivity contribution is 9.10. The Labute approximate surface area is 124 Å². The van der Waals surface area contributed by atoms with E-state index in [2.05, 4.69) is 48.8 Å². The van der Waals surface area contributed by atoms with Gasteiger partial charge < -0.3 is 4.74 Å². The molecule has 0 radical (unpaired) electrons. The quantitative estimate of drug-likeness (QED) is 0.560. The first-order chi connectivity index (χ1) is 8.63. The van der Waals surface area contributed by atoms with Crippen LogP contribution in [0.2, 0.25) is 0 Å². The molecule has 102 valence electrons. The molecule has 1 unspecified atom stereocenters. The van der Waals surface area contributed by atoms with Crippen LogP contribution in [0.1, 0.15) is 51.0 Å². The van der Waals surface area contributed by atoms with Crippen molar-refractivity contribution in [3.05, 3.63) is 28.2 Å². The Bertz CT molecular complexity index is 364. The summed E-state index contributed by atoms with van der Waals surface area (Å²) in [5.41, 5.74) is 1.17. The second-order valence-corrected chi connectivity index (χ2v) is 5.84. The van der Waals surface area contributed by atoms with E-state index in [-0.39, 0.29) is 5.38 Å². The van der Waals surface area contributed by atoms with Gasteiger partial charge in [0.05, 0.1) is 16.5 Å². The lowest BCUT2D eigenvalue weighted by Crippen LogP contribution is -2.06. The second kappa shape index (κ2) is 8.06. The first-order valence-electron chi connectivity index (χ1n) is 6.70. The zero-order valence-electron chi connectivity index (χ0n) is 11.4. The predicted octanol–water partition coefficient (Wildman–Crippen LogP) is 5.95. The van der Waals surface area contributed by atoms with Crippen LogP contribution in [0.3, 0.4) is 0 Å². The summed E-state index contributed by atoms with van der Waals surface area (Å²) in [7, 11) is 0. The molecule has 0 aliphatic carbocycles. The predicted molar refractivity (Wildman–Crippen MR) is 82.6 cm³/mol. The maximum absolute atomic E-state index is 6.54. The van der Waals surface area contributed by atoms with Gasteiger partial charge in [-0.3, -0.25) is 0 Å². The van der Waals surface area contributed by atoms with Crippen molar-refractivity contribution in [3.63, 3.8) is 0 Å². The van der Waals surface area contributed by atoms with E-state index in [4.69, 9.17) is 16.3 Å². The van der Waals surface area contributed by atoms with Gasteiger partial charge in [-0.25, -0.2) is 0 Å². The van der Waals surface area contributed by atoms with Crippen molar-refractivity contribution in [2.75, 3.05) is 6.61 Å². The monoisotopic (exact) mass is 332 g/mol. The zero-order valence-corrected chi connectivity index (χ0v) is 13.7. The van der Waals surface area contributed by atoms with E-state index in [1.165, 1.54) is 5.56 Å². The van der Waals surface area contributed by atoms with E-state index >= 15 is 0 Å². The topological polar surface area (TPSA) is 9.23 Å². The summed E-state index contributed by atoms with van der Waals surface area (Å²) in [6.45, 7) is 7.23. The average molecular weight is 334 g/mol. The standard InChI is InChI=1S/C15H22BrClO/c1-4-9-18-14-8-7-12(10-13(14)16)15(17)11(5-2)6-3/h7-8,10-11,15H,4-6,9H2,1-3H3. The van der Waals surface area contributed by atoms with Crippen LogP contribution in [0, 0.1) is 5.92 Å². The highest BCUT2D eigenvalue weighted by Gasteiger charge is 2.18. The van der Waals surface area contributed by atoms with Crippen LogP contribution in [-0.4, -0.2) is 6.61 Å². The Balaban J connectivity index is 2.82. The summed E-state index contributed by atoms with van der Waals surface area (Å²) >= 11 is 10.1. The molecule has 0 heterocycles. The molecule has 0 aliphatic heterocycles. The third kappa shape index (κ3) is 4.17. The van der Waals surface area contributed by atoms with Gasteiger partial charge in [0.2, 0.25) is 0 Å². The van der Waals surface area contributed by atoms with E-state index in [0.717, 1.165) is 36.1 Å². The fourth-order valence-electron chi connectivity index (χ4n) is 1.99. The van der Waals surface area contributed by atoms with Crippen molar-refractivity contribution in [2.24, 2.45) is 5.92 Å². The molecule has 1 atom stereocenters. The number of rotatable bonds is 7. The molecule has 0 amide bonds. The molecule has 0 spiro atoms. The number of alkyl halides is 1. The van der Waals surface area contributed by atoms with Crippen molar-refractivity contribution in [1.82, 2.24) is 0 Å². The minimum absolute atomic E-state index is 0.0801. The van der Waals surface area contributed by atoms with Crippen molar-refractivity contribution < 1.29 is 4.74 Å². The lowest BCUT2D eigenvalue weighted by atomic mass is 9.94. The molecule has 0 aliphatic rings. The molecule has 0 fully saturated rings. The molecule has 0 bridgehead atoms. The normalized spacial score (nSPS) is 12.8. The number of benzene rings is 1. The van der Waals surface area contributed by atoms with E-state index < -0.39 is 0 Å². The Morgan fingerprint density at radius 2 is 1.89 bits per heavy atom. The first-order valence-corrected chi connectivity index (χ1v) is 7.93. The molecular weight excluding hydrogens is 312 g/mol. The van der Waals surface area contributed by atoms with Gasteiger partial charge in [0.1, 0.15) is 5.75 Å². The van der Waals surface area contributed by atoms with Crippen LogP contribution >= 0.6 is 27.5 Å². The maximum atomic E-state index is 6.54. The minimum Gasteiger partial charge on any atom is -0.492 e. The zero-order chi connectivity index (χ0) is 13.5. The van der Waals surface area contributed by atoms with Crippen molar-refractivity contribution in [2.45, 2.75) is 45.4 Å². The largest absolute Gasteiger partial charge is 0.492 e. The Hall–Kier alpha value is -0.210. The SMILES string of the molecule is CCCOc1ccc(C(Cl)C(CC)CC)cc1Br. The molecule has 1 aromatic carbocycles. The van der Waals surface area contributed by atoms with Gasteiger partial charge in [-0.15, -0.1) is 11.6 Å². The van der Waals surface area contributed by atoms with Gasteiger partial charge in [0.15, 0.2) is 0 Å². The molecule has 0 saturated carbocycles. The van der Waals surface area contributed by atoms with Gasteiger partial charge in [-0.1, -0.05) is 39.7 Å². The number of hydrogen-bond donors (Lipinski definition) is 0. The first kappa shape index (κ1) is 15.8. The molecular formula is C15H22BrClO. The van der Waals surface area contributed by atoms with Crippen LogP contribution in [0.4, 0.5) is 0 Å². The van der Waals surface area contributed by atoms with E-state index in [1.54, 1.807) is 0 Å². The van der Waals surface area contributed by atoms with E-state index in [9.17, 15) is 0 Å². The van der Waals surface area contributed by atoms with Crippen LogP contribution < -0.4 is 4.74 Å². The molecule has 1 nitrogen and oxygen atoms in total. The molecule has 0 aromatic heterocycles. The fraction of sp³-hybridized carbons (Fsp3) is 0.600. The van der Waals surface area contributed by atoms with Crippen LogP contribution in [0.15, 0.2) is 22.7 Å². The molecule has 3 heteroatoms. The summed E-state index contributed by atoms with van der Waals surface area (Å²) in [6.07, 6.45) is 3.23. The minimum atomic E-state index is 0.0801. The van der Waals surface area contributed by atoms with Gasteiger partial charge in [0.25, 0.3) is 0 Å².